The predicted molar refractivity (Wildman–Crippen MR) is 120 cm³/mol. The average molecular weight is 431 g/mol. The molecule has 2 fully saturated rings. The SMILES string of the molecule is CCNC(=NCc1nc(-c2ccc(Cl)cc2)no1)N1CCC(CN2CCCCC2)C1. The number of aromatic nitrogens is 2. The highest BCUT2D eigenvalue weighted by molar-refractivity contribution is 6.30. The Balaban J connectivity index is 1.35. The number of hydrogen-bond acceptors (Lipinski definition) is 5. The van der Waals surface area contributed by atoms with E-state index in [1.165, 1.54) is 45.3 Å². The van der Waals surface area contributed by atoms with Gasteiger partial charge in [0.15, 0.2) is 5.96 Å². The summed E-state index contributed by atoms with van der Waals surface area (Å²) in [4.78, 5) is 14.3. The van der Waals surface area contributed by atoms with Crippen LogP contribution in [0.1, 0.15) is 38.5 Å². The monoisotopic (exact) mass is 430 g/mol. The number of hydrogen-bond donors (Lipinski definition) is 1. The minimum absolute atomic E-state index is 0.371. The standard InChI is InChI=1S/C22H31ClN6O/c1-2-24-22(29-13-10-17(16-29)15-28-11-4-3-5-12-28)25-14-20-26-21(27-30-20)18-6-8-19(23)9-7-18/h6-9,17H,2-5,10-16H2,1H3,(H,24,25). The molecule has 0 aliphatic carbocycles. The lowest BCUT2D eigenvalue weighted by Gasteiger charge is -2.29. The summed E-state index contributed by atoms with van der Waals surface area (Å²) < 4.78 is 5.41. The molecule has 2 aliphatic heterocycles. The van der Waals surface area contributed by atoms with Crippen molar-refractivity contribution < 1.29 is 4.52 Å². The van der Waals surface area contributed by atoms with Gasteiger partial charge in [0.25, 0.3) is 0 Å². The second-order valence-corrected chi connectivity index (χ2v) is 8.59. The molecular weight excluding hydrogens is 400 g/mol. The van der Waals surface area contributed by atoms with Crippen molar-refractivity contribution in [2.45, 2.75) is 39.2 Å². The van der Waals surface area contributed by atoms with Crippen molar-refractivity contribution in [3.8, 4) is 11.4 Å². The van der Waals surface area contributed by atoms with Gasteiger partial charge in [-0.3, -0.25) is 0 Å². The van der Waals surface area contributed by atoms with Gasteiger partial charge in [-0.2, -0.15) is 4.98 Å². The number of guanidine groups is 1. The lowest BCUT2D eigenvalue weighted by atomic mass is 10.1. The van der Waals surface area contributed by atoms with Crippen molar-refractivity contribution in [3.63, 3.8) is 0 Å². The summed E-state index contributed by atoms with van der Waals surface area (Å²) in [6, 6.07) is 7.41. The maximum absolute atomic E-state index is 5.95. The fourth-order valence-corrected chi connectivity index (χ4v) is 4.41. The Hall–Kier alpha value is -2.12. The first-order valence-corrected chi connectivity index (χ1v) is 11.4. The lowest BCUT2D eigenvalue weighted by Crippen LogP contribution is -2.41. The lowest BCUT2D eigenvalue weighted by molar-refractivity contribution is 0.198. The molecule has 0 spiro atoms. The van der Waals surface area contributed by atoms with E-state index in [1.54, 1.807) is 0 Å². The Morgan fingerprint density at radius 3 is 2.77 bits per heavy atom. The minimum Gasteiger partial charge on any atom is -0.357 e. The van der Waals surface area contributed by atoms with Gasteiger partial charge in [-0.1, -0.05) is 23.2 Å². The van der Waals surface area contributed by atoms with E-state index in [2.05, 4.69) is 32.2 Å². The fourth-order valence-electron chi connectivity index (χ4n) is 4.28. The number of halogens is 1. The smallest absolute Gasteiger partial charge is 0.248 e. The van der Waals surface area contributed by atoms with Crippen molar-refractivity contribution in [3.05, 3.63) is 35.2 Å². The number of likely N-dealkylation sites (tertiary alicyclic amines) is 2. The Bertz CT molecular complexity index is 830. The van der Waals surface area contributed by atoms with Crippen molar-refractivity contribution in [1.82, 2.24) is 25.3 Å². The van der Waals surface area contributed by atoms with E-state index in [4.69, 9.17) is 21.1 Å². The summed E-state index contributed by atoms with van der Waals surface area (Å²) in [7, 11) is 0. The third kappa shape index (κ3) is 5.52. The molecule has 7 nitrogen and oxygen atoms in total. The number of piperidine rings is 1. The van der Waals surface area contributed by atoms with Crippen molar-refractivity contribution in [1.29, 1.82) is 0 Å². The van der Waals surface area contributed by atoms with Crippen molar-refractivity contribution in [2.24, 2.45) is 10.9 Å². The summed E-state index contributed by atoms with van der Waals surface area (Å²) in [6.45, 7) is 9.15. The van der Waals surface area contributed by atoms with Crippen LogP contribution in [0.3, 0.4) is 0 Å². The average Bonchev–Trinajstić information content (AvgIpc) is 3.42. The molecule has 2 aromatic rings. The molecule has 162 valence electrons. The summed E-state index contributed by atoms with van der Waals surface area (Å²) >= 11 is 5.95. The molecule has 2 aliphatic rings. The Labute approximate surface area is 183 Å². The van der Waals surface area contributed by atoms with Crippen LogP contribution < -0.4 is 5.32 Å². The minimum atomic E-state index is 0.371. The van der Waals surface area contributed by atoms with Crippen LogP contribution in [0.4, 0.5) is 0 Å². The van der Waals surface area contributed by atoms with E-state index in [-0.39, 0.29) is 0 Å². The van der Waals surface area contributed by atoms with Gasteiger partial charge >= 0.3 is 0 Å². The zero-order valence-corrected chi connectivity index (χ0v) is 18.4. The zero-order valence-electron chi connectivity index (χ0n) is 17.7. The van der Waals surface area contributed by atoms with Crippen LogP contribution in [0, 0.1) is 5.92 Å². The van der Waals surface area contributed by atoms with Crippen LogP contribution in [0.15, 0.2) is 33.8 Å². The summed E-state index contributed by atoms with van der Waals surface area (Å²) in [5, 5.41) is 8.18. The van der Waals surface area contributed by atoms with Gasteiger partial charge < -0.3 is 19.6 Å². The molecule has 8 heteroatoms. The predicted octanol–water partition coefficient (Wildman–Crippen LogP) is 3.66. The summed E-state index contributed by atoms with van der Waals surface area (Å²) in [5.41, 5.74) is 0.880. The molecule has 4 rings (SSSR count). The number of aliphatic imine (C=N–C) groups is 1. The van der Waals surface area contributed by atoms with Crippen LogP contribution in [-0.4, -0.2) is 65.2 Å². The Morgan fingerprint density at radius 2 is 2.00 bits per heavy atom. The first-order valence-electron chi connectivity index (χ1n) is 11.1. The quantitative estimate of drug-likeness (QED) is 0.557. The molecule has 1 aromatic carbocycles. The van der Waals surface area contributed by atoms with Gasteiger partial charge in [0.2, 0.25) is 11.7 Å². The molecule has 0 radical (unpaired) electrons. The number of benzene rings is 1. The molecule has 1 N–H and O–H groups in total. The van der Waals surface area contributed by atoms with Crippen LogP contribution in [0.25, 0.3) is 11.4 Å². The van der Waals surface area contributed by atoms with E-state index < -0.39 is 0 Å². The Kier molecular flexibility index (Phi) is 7.23. The van der Waals surface area contributed by atoms with E-state index in [1.807, 2.05) is 24.3 Å². The van der Waals surface area contributed by atoms with Gasteiger partial charge in [-0.15, -0.1) is 0 Å². The van der Waals surface area contributed by atoms with E-state index in [0.717, 1.165) is 31.2 Å². The first kappa shape index (κ1) is 21.1. The van der Waals surface area contributed by atoms with Gasteiger partial charge in [-0.05, 0) is 69.5 Å². The van der Waals surface area contributed by atoms with Gasteiger partial charge in [-0.25, -0.2) is 4.99 Å². The summed E-state index contributed by atoms with van der Waals surface area (Å²) in [6.07, 6.45) is 5.31. The van der Waals surface area contributed by atoms with E-state index in [9.17, 15) is 0 Å². The largest absolute Gasteiger partial charge is 0.357 e. The Morgan fingerprint density at radius 1 is 1.20 bits per heavy atom. The third-order valence-corrected chi connectivity index (χ3v) is 6.07. The van der Waals surface area contributed by atoms with Crippen molar-refractivity contribution >= 4 is 17.6 Å². The molecule has 1 atom stereocenters. The molecule has 0 saturated carbocycles. The van der Waals surface area contributed by atoms with Crippen LogP contribution in [-0.2, 0) is 6.54 Å². The van der Waals surface area contributed by atoms with Gasteiger partial charge in [0.05, 0.1) is 0 Å². The van der Waals surface area contributed by atoms with Gasteiger partial charge in [0, 0.05) is 36.8 Å². The van der Waals surface area contributed by atoms with Crippen LogP contribution >= 0.6 is 11.6 Å². The van der Waals surface area contributed by atoms with E-state index >= 15 is 0 Å². The maximum Gasteiger partial charge on any atom is 0.248 e. The fraction of sp³-hybridized carbons (Fsp3) is 0.591. The molecule has 3 heterocycles. The molecule has 2 saturated heterocycles. The number of rotatable bonds is 6. The second kappa shape index (κ2) is 10.3. The maximum atomic E-state index is 5.95. The van der Waals surface area contributed by atoms with Crippen LogP contribution in [0.2, 0.25) is 5.02 Å². The number of nitrogens with one attached hydrogen (secondary N) is 1. The number of nitrogens with zero attached hydrogens (tertiary/aromatic N) is 5. The van der Waals surface area contributed by atoms with E-state index in [0.29, 0.717) is 29.2 Å². The normalized spacial score (nSPS) is 20.7. The molecule has 30 heavy (non-hydrogen) atoms. The molecule has 0 amide bonds. The zero-order chi connectivity index (χ0) is 20.8. The van der Waals surface area contributed by atoms with Gasteiger partial charge in [0.1, 0.15) is 6.54 Å². The molecular formula is C22H31ClN6O. The second-order valence-electron chi connectivity index (χ2n) is 8.15. The molecule has 1 unspecified atom stereocenters. The third-order valence-electron chi connectivity index (χ3n) is 5.82. The highest BCUT2D eigenvalue weighted by Crippen LogP contribution is 2.21. The van der Waals surface area contributed by atoms with Crippen molar-refractivity contribution in [2.75, 3.05) is 39.3 Å². The highest BCUT2D eigenvalue weighted by Gasteiger charge is 2.27. The highest BCUT2D eigenvalue weighted by atomic mass is 35.5. The molecule has 1 aromatic heterocycles. The topological polar surface area (TPSA) is 69.8 Å². The summed E-state index contributed by atoms with van der Waals surface area (Å²) in [5.74, 6) is 2.72. The molecule has 0 bridgehead atoms. The first-order chi connectivity index (χ1) is 14.7. The van der Waals surface area contributed by atoms with Crippen LogP contribution in [0.5, 0.6) is 0 Å².